The first-order chi connectivity index (χ1) is 7.67. The lowest BCUT2D eigenvalue weighted by Gasteiger charge is -2.15. The molecule has 1 unspecified atom stereocenters. The number of ether oxygens (including phenoxy) is 1. The number of carbonyl (C=O) groups is 1. The van der Waals surface area contributed by atoms with Gasteiger partial charge in [-0.05, 0) is 13.3 Å². The highest BCUT2D eigenvalue weighted by Gasteiger charge is 2.15. The fourth-order valence-electron chi connectivity index (χ4n) is 1.26. The fourth-order valence-corrected chi connectivity index (χ4v) is 2.11. The number of methoxy groups -OCH3 is 1. The van der Waals surface area contributed by atoms with Crippen LogP contribution in [0.5, 0.6) is 0 Å². The summed E-state index contributed by atoms with van der Waals surface area (Å²) in [5.41, 5.74) is 0.457. The molecule has 1 atom stereocenters. The van der Waals surface area contributed by atoms with Crippen LogP contribution < -0.4 is 5.32 Å². The third-order valence-electron chi connectivity index (χ3n) is 2.01. The molecule has 0 spiro atoms. The minimum absolute atomic E-state index is 0.0583. The van der Waals surface area contributed by atoms with Crippen molar-refractivity contribution in [2.75, 3.05) is 19.6 Å². The van der Waals surface area contributed by atoms with E-state index in [-0.39, 0.29) is 11.9 Å². The van der Waals surface area contributed by atoms with E-state index >= 15 is 0 Å². The van der Waals surface area contributed by atoms with Gasteiger partial charge in [-0.2, -0.15) is 0 Å². The number of carbonyl (C=O) groups excluding carboxylic acids is 1. The molecule has 0 saturated heterocycles. The predicted molar refractivity (Wildman–Crippen MR) is 65.3 cm³/mol. The molecule has 1 heterocycles. The number of amides is 1. The normalized spacial score (nSPS) is 12.4. The molecule has 0 aliphatic carbocycles. The average Bonchev–Trinajstić information content (AvgIpc) is 2.65. The van der Waals surface area contributed by atoms with Crippen LogP contribution in [-0.2, 0) is 4.74 Å². The number of halogens is 1. The summed E-state index contributed by atoms with van der Waals surface area (Å²) in [5.74, 6) is 0.321. The van der Waals surface area contributed by atoms with Gasteiger partial charge >= 0.3 is 0 Å². The van der Waals surface area contributed by atoms with Crippen molar-refractivity contribution in [2.24, 2.45) is 0 Å². The topological polar surface area (TPSA) is 51.2 Å². The van der Waals surface area contributed by atoms with Crippen LogP contribution in [0.15, 0.2) is 5.38 Å². The summed E-state index contributed by atoms with van der Waals surface area (Å²) in [6.45, 7) is 2.33. The molecular weight excluding hydrogens is 248 g/mol. The Kier molecular flexibility index (Phi) is 5.73. The second-order valence-electron chi connectivity index (χ2n) is 3.36. The van der Waals surface area contributed by atoms with Gasteiger partial charge in [-0.15, -0.1) is 22.9 Å². The van der Waals surface area contributed by atoms with E-state index in [1.807, 2.05) is 6.92 Å². The monoisotopic (exact) mass is 262 g/mol. The molecule has 6 heteroatoms. The van der Waals surface area contributed by atoms with Crippen molar-refractivity contribution < 1.29 is 9.53 Å². The lowest BCUT2D eigenvalue weighted by Crippen LogP contribution is -2.38. The summed E-state index contributed by atoms with van der Waals surface area (Å²) in [5, 5.41) is 5.47. The van der Waals surface area contributed by atoms with Crippen molar-refractivity contribution in [3.05, 3.63) is 16.1 Å². The van der Waals surface area contributed by atoms with Gasteiger partial charge in [0, 0.05) is 18.4 Å². The van der Waals surface area contributed by atoms with Crippen LogP contribution >= 0.6 is 22.9 Å². The first-order valence-electron chi connectivity index (χ1n) is 4.95. The second kappa shape index (κ2) is 6.83. The molecule has 0 bridgehead atoms. The molecule has 1 aromatic rings. The Hall–Kier alpha value is -0.650. The quantitative estimate of drug-likeness (QED) is 0.796. The number of aromatic nitrogens is 1. The Balaban J connectivity index is 2.54. The molecule has 1 N–H and O–H groups in total. The molecule has 4 nitrogen and oxygen atoms in total. The van der Waals surface area contributed by atoms with Crippen LogP contribution in [-0.4, -0.2) is 36.5 Å². The van der Waals surface area contributed by atoms with E-state index in [1.165, 1.54) is 11.3 Å². The van der Waals surface area contributed by atoms with Gasteiger partial charge in [0.05, 0.1) is 17.7 Å². The smallest absolute Gasteiger partial charge is 0.271 e. The van der Waals surface area contributed by atoms with Crippen molar-refractivity contribution in [2.45, 2.75) is 19.4 Å². The molecule has 16 heavy (non-hydrogen) atoms. The molecule has 0 aromatic carbocycles. The van der Waals surface area contributed by atoms with Crippen molar-refractivity contribution in [1.29, 1.82) is 0 Å². The zero-order valence-corrected chi connectivity index (χ0v) is 10.9. The summed E-state index contributed by atoms with van der Waals surface area (Å²) < 4.78 is 5.01. The van der Waals surface area contributed by atoms with Crippen LogP contribution in [0, 0.1) is 6.92 Å². The van der Waals surface area contributed by atoms with Crippen LogP contribution in [0.3, 0.4) is 0 Å². The Morgan fingerprint density at radius 2 is 2.50 bits per heavy atom. The van der Waals surface area contributed by atoms with Crippen LogP contribution in [0.2, 0.25) is 0 Å². The number of hydrogen-bond acceptors (Lipinski definition) is 4. The zero-order valence-electron chi connectivity index (χ0n) is 9.33. The first kappa shape index (κ1) is 13.4. The average molecular weight is 263 g/mol. The second-order valence-corrected chi connectivity index (χ2v) is 4.80. The maximum absolute atomic E-state index is 11.8. The predicted octanol–water partition coefficient (Wildman–Crippen LogP) is 1.83. The number of alkyl halides is 1. The van der Waals surface area contributed by atoms with E-state index in [0.717, 1.165) is 5.01 Å². The van der Waals surface area contributed by atoms with Crippen molar-refractivity contribution in [1.82, 2.24) is 10.3 Å². The third kappa shape index (κ3) is 4.08. The molecule has 0 fully saturated rings. The summed E-state index contributed by atoms with van der Waals surface area (Å²) in [7, 11) is 1.60. The standard InChI is InChI=1S/C10H15ClN2O2S/c1-7-12-9(6-16-7)10(14)13-8(3-4-11)5-15-2/h6,8H,3-5H2,1-2H3,(H,13,14). The molecule has 1 amide bonds. The largest absolute Gasteiger partial charge is 0.383 e. The van der Waals surface area contributed by atoms with Gasteiger partial charge in [-0.25, -0.2) is 4.98 Å². The Morgan fingerprint density at radius 1 is 1.75 bits per heavy atom. The van der Waals surface area contributed by atoms with Crippen LogP contribution in [0.25, 0.3) is 0 Å². The highest BCUT2D eigenvalue weighted by Crippen LogP contribution is 2.08. The lowest BCUT2D eigenvalue weighted by atomic mass is 10.2. The Bertz CT molecular complexity index is 337. The zero-order chi connectivity index (χ0) is 12.0. The lowest BCUT2D eigenvalue weighted by molar-refractivity contribution is 0.0890. The van der Waals surface area contributed by atoms with Gasteiger partial charge in [0.15, 0.2) is 0 Å². The van der Waals surface area contributed by atoms with E-state index in [4.69, 9.17) is 16.3 Å². The van der Waals surface area contributed by atoms with Gasteiger partial charge in [0.25, 0.3) is 5.91 Å². The molecule has 90 valence electrons. The van der Waals surface area contributed by atoms with Gasteiger partial charge in [-0.3, -0.25) is 4.79 Å². The van der Waals surface area contributed by atoms with E-state index in [9.17, 15) is 4.79 Å². The van der Waals surface area contributed by atoms with Gasteiger partial charge < -0.3 is 10.1 Å². The number of hydrogen-bond donors (Lipinski definition) is 1. The summed E-state index contributed by atoms with van der Waals surface area (Å²) in [4.78, 5) is 15.9. The van der Waals surface area contributed by atoms with Gasteiger partial charge in [0.1, 0.15) is 5.69 Å². The van der Waals surface area contributed by atoms with Gasteiger partial charge in [-0.1, -0.05) is 0 Å². The van der Waals surface area contributed by atoms with Crippen LogP contribution in [0.1, 0.15) is 21.9 Å². The van der Waals surface area contributed by atoms with Crippen LogP contribution in [0.4, 0.5) is 0 Å². The molecule has 0 radical (unpaired) electrons. The fraction of sp³-hybridized carbons (Fsp3) is 0.600. The number of rotatable bonds is 6. The molecule has 0 aliphatic heterocycles. The maximum atomic E-state index is 11.8. The van der Waals surface area contributed by atoms with Crippen molar-refractivity contribution in [3.8, 4) is 0 Å². The third-order valence-corrected chi connectivity index (χ3v) is 3.00. The molecule has 0 saturated carbocycles. The SMILES string of the molecule is COCC(CCCl)NC(=O)c1csc(C)n1. The molecular formula is C10H15ClN2O2S. The van der Waals surface area contributed by atoms with Crippen molar-refractivity contribution >= 4 is 28.8 Å². The minimum Gasteiger partial charge on any atom is -0.383 e. The van der Waals surface area contributed by atoms with Crippen molar-refractivity contribution in [3.63, 3.8) is 0 Å². The van der Waals surface area contributed by atoms with E-state index in [0.29, 0.717) is 24.6 Å². The number of nitrogens with zero attached hydrogens (tertiary/aromatic N) is 1. The van der Waals surface area contributed by atoms with E-state index in [2.05, 4.69) is 10.3 Å². The molecule has 1 rings (SSSR count). The maximum Gasteiger partial charge on any atom is 0.271 e. The van der Waals surface area contributed by atoms with E-state index in [1.54, 1.807) is 12.5 Å². The van der Waals surface area contributed by atoms with E-state index < -0.39 is 0 Å². The Morgan fingerprint density at radius 3 is 3.00 bits per heavy atom. The molecule has 1 aromatic heterocycles. The Labute approximate surface area is 104 Å². The summed E-state index contributed by atoms with van der Waals surface area (Å²) >= 11 is 7.10. The summed E-state index contributed by atoms with van der Waals surface area (Å²) in [6.07, 6.45) is 0.685. The highest BCUT2D eigenvalue weighted by atomic mass is 35.5. The van der Waals surface area contributed by atoms with Gasteiger partial charge in [0.2, 0.25) is 0 Å². The first-order valence-corrected chi connectivity index (χ1v) is 6.36. The number of nitrogens with one attached hydrogen (secondary N) is 1. The highest BCUT2D eigenvalue weighted by molar-refractivity contribution is 7.09. The number of aryl methyl sites for hydroxylation is 1. The number of thiazole rings is 1. The minimum atomic E-state index is -0.170. The molecule has 0 aliphatic rings. The summed E-state index contributed by atoms with van der Waals surface area (Å²) in [6, 6.07) is -0.0583.